The van der Waals surface area contributed by atoms with Crippen LogP contribution in [0.2, 0.25) is 0 Å². The van der Waals surface area contributed by atoms with E-state index < -0.39 is 0 Å². The molecule has 3 aliphatic rings. The topological polar surface area (TPSA) is 36.4 Å². The molecule has 3 heterocycles. The summed E-state index contributed by atoms with van der Waals surface area (Å²) < 4.78 is 0. The van der Waals surface area contributed by atoms with Crippen LogP contribution in [0, 0.1) is 12.8 Å². The summed E-state index contributed by atoms with van der Waals surface area (Å²) in [5.41, 5.74) is 5.87. The van der Waals surface area contributed by atoms with E-state index in [0.717, 1.165) is 51.1 Å². The van der Waals surface area contributed by atoms with Gasteiger partial charge in [0.2, 0.25) is 5.91 Å². The number of benzene rings is 1. The predicted octanol–water partition coefficient (Wildman–Crippen LogP) is 3.94. The summed E-state index contributed by atoms with van der Waals surface area (Å²) in [7, 11) is 0. The zero-order valence-corrected chi connectivity index (χ0v) is 17.4. The van der Waals surface area contributed by atoms with Gasteiger partial charge in [0.1, 0.15) is 5.82 Å². The normalized spacial score (nSPS) is 23.4. The molecule has 5 rings (SSSR count). The average Bonchev–Trinajstić information content (AvgIpc) is 3.34. The lowest BCUT2D eigenvalue weighted by atomic mass is 9.94. The second kappa shape index (κ2) is 7.81. The Labute approximate surface area is 173 Å². The van der Waals surface area contributed by atoms with Gasteiger partial charge in [0.15, 0.2) is 0 Å². The first-order chi connectivity index (χ1) is 14.2. The number of pyridine rings is 1. The molecule has 2 saturated heterocycles. The Morgan fingerprint density at radius 3 is 2.93 bits per heavy atom. The number of aromatic nitrogens is 1. The molecule has 0 spiro atoms. The molecule has 29 heavy (non-hydrogen) atoms. The number of fused-ring (bicyclic) bond motifs is 2. The number of hydrogen-bond acceptors (Lipinski definition) is 3. The molecule has 0 bridgehead atoms. The Morgan fingerprint density at radius 2 is 2.07 bits per heavy atom. The molecule has 2 atom stereocenters. The number of hydrogen-bond donors (Lipinski definition) is 0. The fourth-order valence-electron chi connectivity index (χ4n) is 5.58. The van der Waals surface area contributed by atoms with Gasteiger partial charge in [-0.2, -0.15) is 0 Å². The number of carbonyl (C=O) groups excluding carboxylic acids is 1. The van der Waals surface area contributed by atoms with E-state index in [-0.39, 0.29) is 5.92 Å². The van der Waals surface area contributed by atoms with E-state index in [1.54, 1.807) is 11.1 Å². The van der Waals surface area contributed by atoms with E-state index in [0.29, 0.717) is 11.9 Å². The third-order valence-electron chi connectivity index (χ3n) is 7.13. The first kappa shape index (κ1) is 18.7. The second-order valence-corrected chi connectivity index (χ2v) is 9.06. The summed E-state index contributed by atoms with van der Waals surface area (Å²) in [5.74, 6) is 1.65. The number of aryl methyl sites for hydroxylation is 3. The number of amides is 1. The van der Waals surface area contributed by atoms with Crippen molar-refractivity contribution in [2.45, 2.75) is 57.9 Å². The number of piperazine rings is 1. The van der Waals surface area contributed by atoms with Crippen molar-refractivity contribution in [3.8, 4) is 0 Å². The van der Waals surface area contributed by atoms with Crippen LogP contribution in [0.5, 0.6) is 0 Å². The van der Waals surface area contributed by atoms with Gasteiger partial charge in [0, 0.05) is 31.7 Å². The Morgan fingerprint density at radius 1 is 1.14 bits per heavy atom. The van der Waals surface area contributed by atoms with Crippen molar-refractivity contribution in [2.75, 3.05) is 24.5 Å². The molecule has 2 aromatic rings. The lowest BCUT2D eigenvalue weighted by Crippen LogP contribution is -2.51. The number of nitrogens with zero attached hydrogens (tertiary/aromatic N) is 3. The Balaban J connectivity index is 1.18. The van der Waals surface area contributed by atoms with Crippen LogP contribution < -0.4 is 4.90 Å². The highest BCUT2D eigenvalue weighted by Gasteiger charge is 2.42. The molecule has 1 aromatic carbocycles. The van der Waals surface area contributed by atoms with Crippen LogP contribution in [0.15, 0.2) is 36.5 Å². The summed E-state index contributed by atoms with van der Waals surface area (Å²) in [5, 5.41) is 0. The quantitative estimate of drug-likeness (QED) is 0.777. The molecule has 4 nitrogen and oxygen atoms in total. The minimum atomic E-state index is 0.211. The van der Waals surface area contributed by atoms with Gasteiger partial charge >= 0.3 is 0 Å². The Bertz CT molecular complexity index is 891. The number of rotatable bonds is 5. The van der Waals surface area contributed by atoms with Gasteiger partial charge in [0.05, 0.1) is 6.04 Å². The summed E-state index contributed by atoms with van der Waals surface area (Å²) in [6, 6.07) is 11.4. The van der Waals surface area contributed by atoms with Crippen LogP contribution in [-0.2, 0) is 24.1 Å². The van der Waals surface area contributed by atoms with Gasteiger partial charge in [-0.15, -0.1) is 0 Å². The SMILES string of the molecule is Cc1ccc(N2CCN3C(=O)[C@@H](CCCc4cccc5c4CCC5)C[C@H]3C2)nc1. The molecule has 0 N–H and O–H groups in total. The smallest absolute Gasteiger partial charge is 0.226 e. The van der Waals surface area contributed by atoms with Gasteiger partial charge in [-0.05, 0) is 80.2 Å². The highest BCUT2D eigenvalue weighted by atomic mass is 16.2. The van der Waals surface area contributed by atoms with Crippen molar-refractivity contribution in [2.24, 2.45) is 5.92 Å². The van der Waals surface area contributed by atoms with Crippen molar-refractivity contribution in [3.63, 3.8) is 0 Å². The van der Waals surface area contributed by atoms with E-state index in [9.17, 15) is 4.79 Å². The summed E-state index contributed by atoms with van der Waals surface area (Å²) in [6.45, 7) is 4.71. The first-order valence-electron chi connectivity index (χ1n) is 11.3. The molecule has 4 heteroatoms. The largest absolute Gasteiger partial charge is 0.353 e. The fraction of sp³-hybridized carbons (Fsp3) is 0.520. The predicted molar refractivity (Wildman–Crippen MR) is 116 cm³/mol. The van der Waals surface area contributed by atoms with E-state index in [2.05, 4.69) is 52.0 Å². The van der Waals surface area contributed by atoms with Crippen LogP contribution in [0.3, 0.4) is 0 Å². The van der Waals surface area contributed by atoms with Crippen molar-refractivity contribution < 1.29 is 4.79 Å². The molecule has 0 radical (unpaired) electrons. The van der Waals surface area contributed by atoms with Crippen LogP contribution in [0.25, 0.3) is 0 Å². The first-order valence-corrected chi connectivity index (χ1v) is 11.3. The standard InChI is InChI=1S/C25H31N3O/c1-18-11-12-24(26-16-18)27-13-14-28-22(17-27)15-21(25(28)29)9-3-7-19-5-2-6-20-8-4-10-23(19)20/h2,5-6,11-12,16,21-22H,3-4,7-10,13-15,17H2,1H3/t21-,22-/m0/s1. The third-order valence-corrected chi connectivity index (χ3v) is 7.13. The van der Waals surface area contributed by atoms with Gasteiger partial charge < -0.3 is 9.80 Å². The minimum Gasteiger partial charge on any atom is -0.353 e. The van der Waals surface area contributed by atoms with Crippen molar-refractivity contribution >= 4 is 11.7 Å². The Hall–Kier alpha value is -2.36. The van der Waals surface area contributed by atoms with E-state index in [4.69, 9.17) is 0 Å². The Kier molecular flexibility index (Phi) is 5.03. The molecule has 2 fully saturated rings. The number of carbonyl (C=O) groups is 1. The van der Waals surface area contributed by atoms with Crippen LogP contribution in [0.1, 0.15) is 47.9 Å². The molecule has 0 saturated carbocycles. The van der Waals surface area contributed by atoms with Crippen molar-refractivity contribution in [3.05, 3.63) is 58.8 Å². The maximum Gasteiger partial charge on any atom is 0.226 e. The third kappa shape index (κ3) is 3.65. The fourth-order valence-corrected chi connectivity index (χ4v) is 5.58. The van der Waals surface area contributed by atoms with Crippen LogP contribution in [-0.4, -0.2) is 41.5 Å². The highest BCUT2D eigenvalue weighted by Crippen LogP contribution is 2.33. The average molecular weight is 390 g/mol. The highest BCUT2D eigenvalue weighted by molar-refractivity contribution is 5.82. The molecule has 152 valence electrons. The molecule has 2 aliphatic heterocycles. The van der Waals surface area contributed by atoms with Gasteiger partial charge in [-0.3, -0.25) is 4.79 Å². The van der Waals surface area contributed by atoms with Gasteiger partial charge in [-0.1, -0.05) is 24.3 Å². The monoisotopic (exact) mass is 389 g/mol. The molecule has 0 unspecified atom stereocenters. The zero-order valence-electron chi connectivity index (χ0n) is 17.4. The molecule has 1 amide bonds. The van der Waals surface area contributed by atoms with E-state index in [1.165, 1.54) is 30.4 Å². The lowest BCUT2D eigenvalue weighted by molar-refractivity contribution is -0.132. The van der Waals surface area contributed by atoms with Crippen LogP contribution in [0.4, 0.5) is 5.82 Å². The van der Waals surface area contributed by atoms with Gasteiger partial charge in [0.25, 0.3) is 0 Å². The van der Waals surface area contributed by atoms with E-state index in [1.807, 2.05) is 6.20 Å². The van der Waals surface area contributed by atoms with Crippen molar-refractivity contribution in [1.29, 1.82) is 0 Å². The molecular formula is C25H31N3O. The van der Waals surface area contributed by atoms with Gasteiger partial charge in [-0.25, -0.2) is 4.98 Å². The summed E-state index contributed by atoms with van der Waals surface area (Å²) >= 11 is 0. The molecular weight excluding hydrogens is 358 g/mol. The second-order valence-electron chi connectivity index (χ2n) is 9.06. The zero-order chi connectivity index (χ0) is 19.8. The summed E-state index contributed by atoms with van der Waals surface area (Å²) in [6.07, 6.45) is 10.0. The maximum atomic E-state index is 12.9. The van der Waals surface area contributed by atoms with E-state index >= 15 is 0 Å². The minimum absolute atomic E-state index is 0.211. The van der Waals surface area contributed by atoms with Crippen molar-refractivity contribution in [1.82, 2.24) is 9.88 Å². The molecule has 1 aliphatic carbocycles. The summed E-state index contributed by atoms with van der Waals surface area (Å²) in [4.78, 5) is 22.0. The van der Waals surface area contributed by atoms with Crippen LogP contribution >= 0.6 is 0 Å². The maximum absolute atomic E-state index is 12.9. The molecule has 1 aromatic heterocycles. The lowest BCUT2D eigenvalue weighted by Gasteiger charge is -2.38. The number of anilines is 1.